The maximum atomic E-state index is 8.60. The number of methoxy groups -OCH3 is 1. The fourth-order valence-electron chi connectivity index (χ4n) is 2.57. The van der Waals surface area contributed by atoms with E-state index in [0.717, 1.165) is 24.1 Å². The average molecular weight is 375 g/mol. The molecule has 1 N–H and O–H groups in total. The highest BCUT2D eigenvalue weighted by molar-refractivity contribution is 6.33. The normalized spacial score (nSPS) is 10.5. The second-order valence-electron chi connectivity index (χ2n) is 5.76. The molecule has 6 nitrogen and oxygen atoms in total. The number of rotatable bonds is 8. The minimum atomic E-state index is -0.0290. The summed E-state index contributed by atoms with van der Waals surface area (Å²) in [4.78, 5) is 9.25. The summed E-state index contributed by atoms with van der Waals surface area (Å²) in [6.45, 7) is 6.10. The highest BCUT2D eigenvalue weighted by Gasteiger charge is 2.17. The second-order valence-corrected chi connectivity index (χ2v) is 6.17. The van der Waals surface area contributed by atoms with Crippen LogP contribution in [0.3, 0.4) is 0 Å². The maximum Gasteiger partial charge on any atom is 0.257 e. The summed E-state index contributed by atoms with van der Waals surface area (Å²) in [6, 6.07) is 7.46. The molecule has 0 unspecified atom stereocenters. The molecule has 0 aliphatic heterocycles. The third-order valence-electron chi connectivity index (χ3n) is 4.06. The van der Waals surface area contributed by atoms with E-state index in [9.17, 15) is 0 Å². The summed E-state index contributed by atoms with van der Waals surface area (Å²) >= 11 is 6.39. The fourth-order valence-corrected chi connectivity index (χ4v) is 2.83. The van der Waals surface area contributed by atoms with Gasteiger partial charge in [-0.15, -0.1) is 0 Å². The van der Waals surface area contributed by atoms with Crippen molar-refractivity contribution in [2.75, 3.05) is 19.0 Å². The fraction of sp³-hybridized carbons (Fsp3) is 0.421. The Bertz CT molecular complexity index is 801. The molecule has 26 heavy (non-hydrogen) atoms. The van der Waals surface area contributed by atoms with Gasteiger partial charge in [0.25, 0.3) is 5.88 Å². The molecule has 0 saturated heterocycles. The molecule has 1 heterocycles. The number of aryl methyl sites for hydroxylation is 1. The zero-order valence-corrected chi connectivity index (χ0v) is 16.2. The molecule has 0 fully saturated rings. The van der Waals surface area contributed by atoms with Crippen LogP contribution < -0.4 is 14.8 Å². The van der Waals surface area contributed by atoms with Gasteiger partial charge in [-0.1, -0.05) is 25.4 Å². The number of hydrogen-bond acceptors (Lipinski definition) is 6. The van der Waals surface area contributed by atoms with Crippen molar-refractivity contribution in [2.45, 2.75) is 39.7 Å². The smallest absolute Gasteiger partial charge is 0.257 e. The van der Waals surface area contributed by atoms with Crippen LogP contribution in [0.2, 0.25) is 5.02 Å². The average Bonchev–Trinajstić information content (AvgIpc) is 2.65. The molecule has 0 spiro atoms. The van der Waals surface area contributed by atoms with Gasteiger partial charge in [-0.25, -0.2) is 9.97 Å². The highest BCUT2D eigenvalue weighted by atomic mass is 35.5. The van der Waals surface area contributed by atoms with E-state index in [-0.39, 0.29) is 6.61 Å². The Morgan fingerprint density at radius 3 is 2.58 bits per heavy atom. The van der Waals surface area contributed by atoms with Gasteiger partial charge < -0.3 is 14.8 Å². The third-order valence-corrected chi connectivity index (χ3v) is 4.37. The van der Waals surface area contributed by atoms with E-state index < -0.39 is 0 Å². The zero-order chi connectivity index (χ0) is 19.1. The van der Waals surface area contributed by atoms with E-state index in [1.807, 2.05) is 13.0 Å². The molecule has 138 valence electrons. The number of nitriles is 1. The zero-order valence-electron chi connectivity index (χ0n) is 15.5. The topological polar surface area (TPSA) is 80.1 Å². The minimum Gasteiger partial charge on any atom is -0.479 e. The van der Waals surface area contributed by atoms with Crippen LogP contribution in [0.1, 0.15) is 32.4 Å². The number of aromatic nitrogens is 2. The van der Waals surface area contributed by atoms with Crippen molar-refractivity contribution in [1.82, 2.24) is 9.97 Å². The van der Waals surface area contributed by atoms with E-state index in [1.165, 1.54) is 0 Å². The van der Waals surface area contributed by atoms with Crippen molar-refractivity contribution >= 4 is 17.4 Å². The number of halogens is 1. The van der Waals surface area contributed by atoms with Gasteiger partial charge in [0.1, 0.15) is 11.8 Å². The molecular weight excluding hydrogens is 352 g/mol. The monoisotopic (exact) mass is 374 g/mol. The van der Waals surface area contributed by atoms with Crippen LogP contribution in [0, 0.1) is 18.3 Å². The number of anilines is 1. The summed E-state index contributed by atoms with van der Waals surface area (Å²) in [5.41, 5.74) is 2.12. The number of ether oxygens (including phenoxy) is 2. The first-order valence-corrected chi connectivity index (χ1v) is 8.90. The second kappa shape index (κ2) is 9.25. The molecule has 0 atom stereocenters. The van der Waals surface area contributed by atoms with Crippen LogP contribution in [0.25, 0.3) is 11.3 Å². The largest absolute Gasteiger partial charge is 0.479 e. The Labute approximate surface area is 159 Å². The van der Waals surface area contributed by atoms with Crippen molar-refractivity contribution in [3.63, 3.8) is 0 Å². The molecule has 0 radical (unpaired) electrons. The molecule has 0 bridgehead atoms. The molecule has 7 heteroatoms. The predicted molar refractivity (Wildman–Crippen MR) is 103 cm³/mol. The van der Waals surface area contributed by atoms with Crippen molar-refractivity contribution in [3.05, 3.63) is 28.9 Å². The van der Waals surface area contributed by atoms with E-state index in [0.29, 0.717) is 34.2 Å². The summed E-state index contributed by atoms with van der Waals surface area (Å²) in [7, 11) is 1.57. The van der Waals surface area contributed by atoms with Gasteiger partial charge in [0.05, 0.1) is 23.5 Å². The Balaban J connectivity index is 2.40. The van der Waals surface area contributed by atoms with Gasteiger partial charge in [0, 0.05) is 11.6 Å². The molecule has 0 amide bonds. The third kappa shape index (κ3) is 4.55. The minimum absolute atomic E-state index is 0.0290. The van der Waals surface area contributed by atoms with Gasteiger partial charge in [-0.3, -0.25) is 0 Å². The van der Waals surface area contributed by atoms with E-state index in [4.69, 9.17) is 26.3 Å². The summed E-state index contributed by atoms with van der Waals surface area (Å²) in [5, 5.41) is 12.5. The standard InChI is InChI=1S/C19H23ClN4O2/c1-5-13(6-2)23-18-19(25-4)24-17(12(3)22-18)15-8-7-14(11-16(15)20)26-10-9-21/h7-8,11,13H,5-6,10H2,1-4H3,(H,22,23). The Morgan fingerprint density at radius 2 is 2.00 bits per heavy atom. The van der Waals surface area contributed by atoms with Gasteiger partial charge in [0.15, 0.2) is 12.4 Å². The molecule has 0 aliphatic rings. The molecule has 0 aliphatic carbocycles. The Hall–Kier alpha value is -2.52. The lowest BCUT2D eigenvalue weighted by Gasteiger charge is -2.18. The lowest BCUT2D eigenvalue weighted by atomic mass is 10.1. The van der Waals surface area contributed by atoms with E-state index in [1.54, 1.807) is 25.3 Å². The summed E-state index contributed by atoms with van der Waals surface area (Å²) in [6.07, 6.45) is 1.97. The Morgan fingerprint density at radius 1 is 1.27 bits per heavy atom. The number of nitrogens with zero attached hydrogens (tertiary/aromatic N) is 3. The van der Waals surface area contributed by atoms with Crippen LogP contribution in [-0.2, 0) is 0 Å². The first kappa shape index (κ1) is 19.8. The first-order valence-electron chi connectivity index (χ1n) is 8.52. The van der Waals surface area contributed by atoms with E-state index in [2.05, 4.69) is 29.1 Å². The lowest BCUT2D eigenvalue weighted by Crippen LogP contribution is -2.19. The highest BCUT2D eigenvalue weighted by Crippen LogP contribution is 2.34. The van der Waals surface area contributed by atoms with Crippen LogP contribution in [0.15, 0.2) is 18.2 Å². The summed E-state index contributed by atoms with van der Waals surface area (Å²) < 4.78 is 10.7. The molecule has 0 saturated carbocycles. The number of hydrogen-bond donors (Lipinski definition) is 1. The van der Waals surface area contributed by atoms with Crippen LogP contribution >= 0.6 is 11.6 Å². The number of nitrogens with one attached hydrogen (secondary N) is 1. The SMILES string of the molecule is CCC(CC)Nc1nc(C)c(-c2ccc(OCC#N)cc2Cl)nc1OC. The van der Waals surface area contributed by atoms with Gasteiger partial charge >= 0.3 is 0 Å². The van der Waals surface area contributed by atoms with Crippen molar-refractivity contribution in [3.8, 4) is 29.0 Å². The quantitative estimate of drug-likeness (QED) is 0.726. The number of benzene rings is 1. The van der Waals surface area contributed by atoms with Crippen molar-refractivity contribution in [1.29, 1.82) is 5.26 Å². The first-order chi connectivity index (χ1) is 12.5. The van der Waals surface area contributed by atoms with Crippen LogP contribution in [0.5, 0.6) is 11.6 Å². The predicted octanol–water partition coefficient (Wildman–Crippen LogP) is 4.62. The molecule has 2 aromatic rings. The maximum absolute atomic E-state index is 8.60. The van der Waals surface area contributed by atoms with Crippen LogP contribution in [-0.4, -0.2) is 29.7 Å². The molecule has 1 aromatic heterocycles. The summed E-state index contributed by atoms with van der Waals surface area (Å²) in [5.74, 6) is 1.59. The van der Waals surface area contributed by atoms with Crippen molar-refractivity contribution in [2.24, 2.45) is 0 Å². The molecular formula is C19H23ClN4O2. The molecule has 1 aromatic carbocycles. The van der Waals surface area contributed by atoms with Gasteiger partial charge in [-0.05, 0) is 38.0 Å². The van der Waals surface area contributed by atoms with Crippen molar-refractivity contribution < 1.29 is 9.47 Å². The Kier molecular flexibility index (Phi) is 7.05. The van der Waals surface area contributed by atoms with Crippen LogP contribution in [0.4, 0.5) is 5.82 Å². The van der Waals surface area contributed by atoms with Gasteiger partial charge in [-0.2, -0.15) is 5.26 Å². The molecule has 2 rings (SSSR count). The van der Waals surface area contributed by atoms with E-state index >= 15 is 0 Å². The lowest BCUT2D eigenvalue weighted by molar-refractivity contribution is 0.368. The van der Waals surface area contributed by atoms with Gasteiger partial charge in [0.2, 0.25) is 0 Å².